The molecule has 0 aromatic heterocycles. The highest BCUT2D eigenvalue weighted by Gasteiger charge is 2.52. The highest BCUT2D eigenvalue weighted by Crippen LogP contribution is 2.32. The fraction of sp³-hybridized carbons (Fsp3) is 0.840. The predicted octanol–water partition coefficient (Wildman–Crippen LogP) is -6.29. The lowest BCUT2D eigenvalue weighted by Crippen LogP contribution is -2.64. The first-order valence-corrected chi connectivity index (χ1v) is 13.9. The number of aliphatic hydroxyl groups is 6. The van der Waals surface area contributed by atoms with Crippen molar-refractivity contribution < 1.29 is 89.2 Å². The largest absolute Gasteiger partial charge is 0.481 e. The van der Waals surface area contributed by atoms with Crippen molar-refractivity contribution in [2.24, 2.45) is 22.9 Å². The number of carboxylic acid groups (broad SMARTS) is 4. The quantitative estimate of drug-likeness (QED) is 0.123. The zero-order valence-electron chi connectivity index (χ0n) is 26.3. The molecule has 0 aromatic rings. The van der Waals surface area contributed by atoms with Crippen molar-refractivity contribution in [3.8, 4) is 0 Å². The third kappa shape index (κ3) is 17.3. The Balaban J connectivity index is 0. The maximum absolute atomic E-state index is 10.7. The van der Waals surface area contributed by atoms with Crippen molar-refractivity contribution in [2.45, 2.75) is 120 Å². The van der Waals surface area contributed by atoms with E-state index in [2.05, 4.69) is 0 Å². The average Bonchev–Trinajstić information content (AvgIpc) is 3.22. The molecule has 47 heavy (non-hydrogen) atoms. The lowest BCUT2D eigenvalue weighted by molar-refractivity contribution is -0.280. The number of rotatable bonds is 6. The zero-order chi connectivity index (χ0) is 37.3. The number of ether oxygens (including phenoxy) is 4. The third-order valence-corrected chi connectivity index (χ3v) is 6.13. The summed E-state index contributed by atoms with van der Waals surface area (Å²) in [5, 5.41) is 90.7. The van der Waals surface area contributed by atoms with Gasteiger partial charge in [0.25, 0.3) is 23.9 Å². The van der Waals surface area contributed by atoms with E-state index in [1.54, 1.807) is 0 Å². The summed E-state index contributed by atoms with van der Waals surface area (Å²) in [6.45, 7) is 3.63. The maximum Gasteiger partial charge on any atom is 0.300 e. The van der Waals surface area contributed by atoms with E-state index in [9.17, 15) is 30.6 Å². The molecular weight excluding hydrogens is 644 g/mol. The zero-order valence-corrected chi connectivity index (χ0v) is 26.3. The number of aliphatic hydroxyl groups excluding tert-OH is 6. The van der Waals surface area contributed by atoms with Gasteiger partial charge >= 0.3 is 0 Å². The first-order valence-electron chi connectivity index (χ1n) is 13.9. The van der Waals surface area contributed by atoms with Gasteiger partial charge in [-0.05, 0) is 6.42 Å². The molecule has 2 saturated heterocycles. The van der Waals surface area contributed by atoms with Crippen LogP contribution in [-0.2, 0) is 38.1 Å². The minimum atomic E-state index is -1.50. The molecule has 18 N–H and O–H groups in total. The van der Waals surface area contributed by atoms with Gasteiger partial charge in [-0.3, -0.25) is 19.2 Å². The molecule has 0 bridgehead atoms. The third-order valence-electron chi connectivity index (χ3n) is 6.13. The molecule has 0 spiro atoms. The number of nitrogens with two attached hydrogens (primary N) is 4. The first kappa shape index (κ1) is 46.4. The minimum Gasteiger partial charge on any atom is -0.481 e. The van der Waals surface area contributed by atoms with Gasteiger partial charge in [0.1, 0.15) is 42.7 Å². The number of hydrogen-bond donors (Lipinski definition) is 14. The first-order chi connectivity index (χ1) is 21.5. The number of aliphatic carboxylic acids is 4. The summed E-state index contributed by atoms with van der Waals surface area (Å²) in [6.07, 6.45) is -13.8. The van der Waals surface area contributed by atoms with Crippen LogP contribution in [0.15, 0.2) is 0 Å². The number of hydrogen-bond acceptors (Lipinski definition) is 18. The molecule has 0 radical (unpaired) electrons. The monoisotopic (exact) mass is 694 g/mol. The molecule has 14 atom stereocenters. The summed E-state index contributed by atoms with van der Waals surface area (Å²) in [5.74, 6) is -3.33. The predicted molar refractivity (Wildman–Crippen MR) is 155 cm³/mol. The Bertz CT molecular complexity index is 870. The number of carboxylic acids is 4. The van der Waals surface area contributed by atoms with E-state index >= 15 is 0 Å². The fourth-order valence-electron chi connectivity index (χ4n) is 4.16. The van der Waals surface area contributed by atoms with Crippen LogP contribution in [0.3, 0.4) is 0 Å². The molecule has 2 aliphatic heterocycles. The molecule has 3 aliphatic rings. The summed E-state index contributed by atoms with van der Waals surface area (Å²) in [4.78, 5) is 36.0. The Morgan fingerprint density at radius 2 is 0.979 bits per heavy atom. The van der Waals surface area contributed by atoms with Crippen molar-refractivity contribution >= 4 is 23.9 Å². The minimum absolute atomic E-state index is 0.123. The van der Waals surface area contributed by atoms with Gasteiger partial charge in [-0.15, -0.1) is 0 Å². The van der Waals surface area contributed by atoms with Crippen LogP contribution in [0.4, 0.5) is 0 Å². The van der Waals surface area contributed by atoms with E-state index in [1.807, 2.05) is 0 Å². The number of carbonyl (C=O) groups is 4. The van der Waals surface area contributed by atoms with E-state index in [-0.39, 0.29) is 13.0 Å². The van der Waals surface area contributed by atoms with Crippen molar-refractivity contribution in [3.63, 3.8) is 0 Å². The van der Waals surface area contributed by atoms with E-state index in [0.29, 0.717) is 0 Å². The van der Waals surface area contributed by atoms with Gasteiger partial charge < -0.3 is 92.9 Å². The van der Waals surface area contributed by atoms with Crippen LogP contribution >= 0.6 is 0 Å². The topological polar surface area (TPSA) is 412 Å². The molecular formula is C25H50N4O18. The summed E-state index contributed by atoms with van der Waals surface area (Å²) < 4.78 is 22.3. The molecule has 1 saturated carbocycles. The molecule has 1 unspecified atom stereocenters. The van der Waals surface area contributed by atoms with Gasteiger partial charge in [0.15, 0.2) is 12.6 Å². The normalized spacial score (nSPS) is 37.5. The van der Waals surface area contributed by atoms with Crippen LogP contribution in [0.5, 0.6) is 0 Å². The van der Waals surface area contributed by atoms with Gasteiger partial charge in [-0.1, -0.05) is 0 Å². The molecule has 278 valence electrons. The molecule has 1 aliphatic carbocycles. The van der Waals surface area contributed by atoms with Crippen LogP contribution < -0.4 is 22.9 Å². The molecule has 3 rings (SSSR count). The molecule has 3 fully saturated rings. The standard InChI is InChI=1S/C17H34N4O10.4C2H4O2/c18-2-6-11(25)12(26)8(21)16(28-6)30-14-7(3-22)29-17(13(14)27)31-15-9(23)4(19)1-5(20)10(15)24;4*1-2(3)4/h4-17,22-27H,1-3,18-21H2;4*1H3,(H,3,4)/t4-,5+,6-,7-,8+,9+,10-,11+,12+,13-,14-,15?,16+,17+;;;;/m1..../s1. The SMILES string of the molecule is CC(=O)O.CC(=O)O.CC(=O)O.CC(=O)O.NC[C@H]1O[C@@H](O[C@H]2[C@@H](O)[C@H](OC3[C@@H](O)[C@H](N)C[C@H](N)[C@H]3O)O[C@@H]2CO)[C@@H](N)[C@H](O)[C@H]1O. The Hall–Kier alpha value is -2.68. The smallest absolute Gasteiger partial charge is 0.300 e. The molecule has 22 heteroatoms. The lowest BCUT2D eigenvalue weighted by atomic mass is 9.84. The Morgan fingerprint density at radius 1 is 0.617 bits per heavy atom. The van der Waals surface area contributed by atoms with Crippen LogP contribution in [0.25, 0.3) is 0 Å². The molecule has 22 nitrogen and oxygen atoms in total. The Labute approximate surface area is 269 Å². The van der Waals surface area contributed by atoms with Crippen LogP contribution in [0, 0.1) is 0 Å². The van der Waals surface area contributed by atoms with Crippen molar-refractivity contribution in [3.05, 3.63) is 0 Å². The van der Waals surface area contributed by atoms with Crippen LogP contribution in [0.2, 0.25) is 0 Å². The Morgan fingerprint density at radius 3 is 1.34 bits per heavy atom. The summed E-state index contributed by atoms with van der Waals surface area (Å²) in [6, 6.07) is -2.68. The summed E-state index contributed by atoms with van der Waals surface area (Å²) in [5.41, 5.74) is 23.1. The van der Waals surface area contributed by atoms with Gasteiger partial charge in [-0.2, -0.15) is 0 Å². The van der Waals surface area contributed by atoms with E-state index < -0.39 is 116 Å². The van der Waals surface area contributed by atoms with E-state index in [1.165, 1.54) is 0 Å². The van der Waals surface area contributed by atoms with Gasteiger partial charge in [-0.25, -0.2) is 0 Å². The second kappa shape index (κ2) is 22.8. The summed E-state index contributed by atoms with van der Waals surface area (Å²) in [7, 11) is 0. The van der Waals surface area contributed by atoms with Crippen LogP contribution in [-0.4, -0.2) is 174 Å². The average molecular weight is 695 g/mol. The molecule has 0 amide bonds. The second-order valence-corrected chi connectivity index (χ2v) is 10.4. The van der Waals surface area contributed by atoms with Gasteiger partial charge in [0, 0.05) is 46.3 Å². The highest BCUT2D eigenvalue weighted by molar-refractivity contribution is 5.63. The van der Waals surface area contributed by atoms with Gasteiger partial charge in [0.2, 0.25) is 0 Å². The van der Waals surface area contributed by atoms with Crippen molar-refractivity contribution in [1.29, 1.82) is 0 Å². The Kier molecular flexibility index (Phi) is 22.5. The van der Waals surface area contributed by atoms with Crippen LogP contribution in [0.1, 0.15) is 34.1 Å². The van der Waals surface area contributed by atoms with E-state index in [4.69, 9.17) is 81.5 Å². The van der Waals surface area contributed by atoms with E-state index in [0.717, 1.165) is 27.7 Å². The van der Waals surface area contributed by atoms with Crippen molar-refractivity contribution in [1.82, 2.24) is 0 Å². The summed E-state index contributed by atoms with van der Waals surface area (Å²) >= 11 is 0. The lowest BCUT2D eigenvalue weighted by Gasteiger charge is -2.42. The fourth-order valence-corrected chi connectivity index (χ4v) is 4.16. The molecule has 0 aromatic carbocycles. The molecule has 2 heterocycles. The maximum atomic E-state index is 10.7. The van der Waals surface area contributed by atoms with Crippen molar-refractivity contribution in [2.75, 3.05) is 13.2 Å². The highest BCUT2D eigenvalue weighted by atomic mass is 16.8. The van der Waals surface area contributed by atoms with Gasteiger partial charge in [0.05, 0.1) is 24.9 Å². The second-order valence-electron chi connectivity index (χ2n) is 10.4.